The number of hydrogen-bond acceptors (Lipinski definition) is 5. The molecule has 0 amide bonds. The minimum Gasteiger partial charge on any atom is -0.454 e. The van der Waals surface area contributed by atoms with Crippen molar-refractivity contribution in [2.24, 2.45) is 0 Å². The molecule has 0 bridgehead atoms. The first-order chi connectivity index (χ1) is 15.4. The van der Waals surface area contributed by atoms with Gasteiger partial charge in [0, 0.05) is 16.6 Å². The van der Waals surface area contributed by atoms with Crippen molar-refractivity contribution in [1.29, 1.82) is 0 Å². The second-order valence-electron chi connectivity index (χ2n) is 7.03. The Morgan fingerprint density at radius 3 is 2.12 bits per heavy atom. The van der Waals surface area contributed by atoms with Gasteiger partial charge in [-0.3, -0.25) is 9.52 Å². The molecule has 7 heteroatoms. The molecule has 4 aromatic carbocycles. The largest absolute Gasteiger partial charge is 0.454 e. The number of ether oxygens (including phenoxy) is 1. The predicted octanol–water partition coefficient (Wildman–Crippen LogP) is 4.68. The smallest absolute Gasteiger partial charge is 0.338 e. The number of nitrogens with one attached hydrogen (secondary N) is 1. The molecule has 0 saturated carbocycles. The molecule has 0 unspecified atom stereocenters. The summed E-state index contributed by atoms with van der Waals surface area (Å²) in [6.07, 6.45) is 0. The summed E-state index contributed by atoms with van der Waals surface area (Å²) in [7, 11) is -3.84. The summed E-state index contributed by atoms with van der Waals surface area (Å²) in [4.78, 5) is 24.5. The van der Waals surface area contributed by atoms with Crippen molar-refractivity contribution in [3.05, 3.63) is 108 Å². The highest BCUT2D eigenvalue weighted by atomic mass is 32.2. The van der Waals surface area contributed by atoms with Crippen molar-refractivity contribution >= 4 is 38.2 Å². The first kappa shape index (κ1) is 21.3. The van der Waals surface area contributed by atoms with Gasteiger partial charge in [-0.15, -0.1) is 0 Å². The van der Waals surface area contributed by atoms with Crippen LogP contribution < -0.4 is 4.72 Å². The molecule has 0 aliphatic carbocycles. The van der Waals surface area contributed by atoms with Crippen LogP contribution in [0.4, 0.5) is 5.69 Å². The van der Waals surface area contributed by atoms with Crippen LogP contribution in [0.3, 0.4) is 0 Å². The molecule has 0 atom stereocenters. The average molecular weight is 445 g/mol. The van der Waals surface area contributed by atoms with Crippen LogP contribution >= 0.6 is 0 Å². The monoisotopic (exact) mass is 445 g/mol. The lowest BCUT2D eigenvalue weighted by Crippen LogP contribution is -2.15. The normalized spacial score (nSPS) is 11.1. The number of anilines is 1. The zero-order valence-electron chi connectivity index (χ0n) is 16.9. The fourth-order valence-corrected chi connectivity index (χ4v) is 4.53. The third-order valence-corrected chi connectivity index (χ3v) is 6.28. The Labute approximate surface area is 185 Å². The van der Waals surface area contributed by atoms with E-state index in [1.165, 1.54) is 24.3 Å². The molecule has 1 N–H and O–H groups in total. The van der Waals surface area contributed by atoms with Crippen LogP contribution in [0.5, 0.6) is 0 Å². The Bertz CT molecular complexity index is 1380. The number of benzene rings is 4. The number of fused-ring (bicyclic) bond motifs is 1. The van der Waals surface area contributed by atoms with Crippen LogP contribution in [0.2, 0.25) is 0 Å². The van der Waals surface area contributed by atoms with Gasteiger partial charge in [0.1, 0.15) is 0 Å². The molecule has 4 rings (SSSR count). The van der Waals surface area contributed by atoms with Crippen molar-refractivity contribution in [2.45, 2.75) is 4.90 Å². The van der Waals surface area contributed by atoms with Gasteiger partial charge in [0.25, 0.3) is 10.0 Å². The fraction of sp³-hybridized carbons (Fsp3) is 0.0400. The Hall–Kier alpha value is -3.97. The summed E-state index contributed by atoms with van der Waals surface area (Å²) in [5.41, 5.74) is 0.965. The summed E-state index contributed by atoms with van der Waals surface area (Å²) in [6, 6.07) is 26.7. The Kier molecular flexibility index (Phi) is 6.00. The van der Waals surface area contributed by atoms with Crippen LogP contribution in [0, 0.1) is 0 Å². The maximum absolute atomic E-state index is 12.9. The van der Waals surface area contributed by atoms with Crippen molar-refractivity contribution in [3.8, 4) is 0 Å². The summed E-state index contributed by atoms with van der Waals surface area (Å²) in [6.45, 7) is -0.377. The molecule has 6 nitrogen and oxygen atoms in total. The molecule has 0 spiro atoms. The van der Waals surface area contributed by atoms with Crippen molar-refractivity contribution < 1.29 is 22.7 Å². The standard InChI is InChI=1S/C25H19NO5S/c27-23(19-8-2-1-3-9-19)17-31-25(28)20-13-15-21(16-14-20)26-32(29,30)24-12-6-10-18-7-4-5-11-22(18)24/h1-16,26H,17H2. The lowest BCUT2D eigenvalue weighted by atomic mass is 10.1. The fourth-order valence-electron chi connectivity index (χ4n) is 3.24. The van der Waals surface area contributed by atoms with Crippen molar-refractivity contribution in [1.82, 2.24) is 0 Å². The molecule has 0 fully saturated rings. The third kappa shape index (κ3) is 4.68. The number of Topliss-reactive ketones (excluding diaryl/α,β-unsaturated/α-hetero) is 1. The first-order valence-corrected chi connectivity index (χ1v) is 11.3. The average Bonchev–Trinajstić information content (AvgIpc) is 2.82. The maximum Gasteiger partial charge on any atom is 0.338 e. The van der Waals surface area contributed by atoms with Crippen LogP contribution in [-0.2, 0) is 14.8 Å². The first-order valence-electron chi connectivity index (χ1n) is 9.80. The zero-order chi connectivity index (χ0) is 22.6. The van der Waals surface area contributed by atoms with E-state index in [0.717, 1.165) is 5.39 Å². The molecule has 160 valence electrons. The van der Waals surface area contributed by atoms with E-state index in [4.69, 9.17) is 4.74 Å². The van der Waals surface area contributed by atoms with Gasteiger partial charge < -0.3 is 4.74 Å². The molecule has 0 radical (unpaired) electrons. The summed E-state index contributed by atoms with van der Waals surface area (Å²) >= 11 is 0. The second-order valence-corrected chi connectivity index (χ2v) is 8.68. The van der Waals surface area contributed by atoms with Crippen LogP contribution in [0.15, 0.2) is 102 Å². The van der Waals surface area contributed by atoms with Crippen molar-refractivity contribution in [2.75, 3.05) is 11.3 Å². The lowest BCUT2D eigenvalue weighted by Gasteiger charge is -2.11. The minimum absolute atomic E-state index is 0.165. The number of sulfonamides is 1. The Morgan fingerprint density at radius 1 is 0.719 bits per heavy atom. The van der Waals surface area contributed by atoms with E-state index in [-0.39, 0.29) is 22.8 Å². The van der Waals surface area contributed by atoms with Gasteiger partial charge in [0.2, 0.25) is 0 Å². The van der Waals surface area contributed by atoms with Crippen LogP contribution in [-0.4, -0.2) is 26.8 Å². The number of rotatable bonds is 7. The topological polar surface area (TPSA) is 89.5 Å². The summed E-state index contributed by atoms with van der Waals surface area (Å²) in [5, 5.41) is 1.43. The summed E-state index contributed by atoms with van der Waals surface area (Å²) in [5.74, 6) is -0.976. The van der Waals surface area contributed by atoms with E-state index >= 15 is 0 Å². The highest BCUT2D eigenvalue weighted by Gasteiger charge is 2.18. The van der Waals surface area contributed by atoms with E-state index in [1.807, 2.05) is 18.2 Å². The molecule has 0 saturated heterocycles. The number of esters is 1. The highest BCUT2D eigenvalue weighted by Crippen LogP contribution is 2.25. The molecule has 0 aliphatic rings. The summed E-state index contributed by atoms with van der Waals surface area (Å²) < 4.78 is 33.4. The Balaban J connectivity index is 1.44. The van der Waals surface area contributed by atoms with Crippen molar-refractivity contribution in [3.63, 3.8) is 0 Å². The van der Waals surface area contributed by atoms with E-state index in [2.05, 4.69) is 4.72 Å². The van der Waals surface area contributed by atoms with Gasteiger partial charge >= 0.3 is 5.97 Å². The molecule has 0 aliphatic heterocycles. The number of ketones is 1. The lowest BCUT2D eigenvalue weighted by molar-refractivity contribution is 0.0475. The zero-order valence-corrected chi connectivity index (χ0v) is 17.7. The van der Waals surface area contributed by atoms with Gasteiger partial charge in [-0.1, -0.05) is 66.7 Å². The van der Waals surface area contributed by atoms with E-state index in [0.29, 0.717) is 16.6 Å². The van der Waals surface area contributed by atoms with Gasteiger partial charge in [0.05, 0.1) is 10.5 Å². The molecule has 0 heterocycles. The number of hydrogen-bond donors (Lipinski definition) is 1. The van der Waals surface area contributed by atoms with E-state index < -0.39 is 16.0 Å². The van der Waals surface area contributed by atoms with Gasteiger partial charge in [-0.2, -0.15) is 0 Å². The minimum atomic E-state index is -3.84. The number of carbonyl (C=O) groups is 2. The van der Waals surface area contributed by atoms with E-state index in [9.17, 15) is 18.0 Å². The van der Waals surface area contributed by atoms with Crippen LogP contribution in [0.1, 0.15) is 20.7 Å². The molecular weight excluding hydrogens is 426 g/mol. The van der Waals surface area contributed by atoms with Gasteiger partial charge in [0.15, 0.2) is 12.4 Å². The quantitative estimate of drug-likeness (QED) is 0.330. The number of carbonyl (C=O) groups excluding carboxylic acids is 2. The Morgan fingerprint density at radius 2 is 1.38 bits per heavy atom. The SMILES string of the molecule is O=C(COC(=O)c1ccc(NS(=O)(=O)c2cccc3ccccc23)cc1)c1ccccc1. The molecular formula is C25H19NO5S. The molecule has 32 heavy (non-hydrogen) atoms. The molecule has 4 aromatic rings. The van der Waals surface area contributed by atoms with Gasteiger partial charge in [-0.05, 0) is 35.7 Å². The van der Waals surface area contributed by atoms with Gasteiger partial charge in [-0.25, -0.2) is 13.2 Å². The van der Waals surface area contributed by atoms with E-state index in [1.54, 1.807) is 54.6 Å². The molecule has 0 aromatic heterocycles. The maximum atomic E-state index is 12.9. The predicted molar refractivity (Wildman–Crippen MR) is 122 cm³/mol. The highest BCUT2D eigenvalue weighted by molar-refractivity contribution is 7.93. The third-order valence-electron chi connectivity index (χ3n) is 4.84. The second kappa shape index (κ2) is 9.03. The van der Waals surface area contributed by atoms with Crippen LogP contribution in [0.25, 0.3) is 10.8 Å².